The highest BCUT2D eigenvalue weighted by Gasteiger charge is 2.21. The summed E-state index contributed by atoms with van der Waals surface area (Å²) in [6, 6.07) is 10.7. The van der Waals surface area contributed by atoms with Crippen LogP contribution in [0, 0.1) is 11.6 Å². The second kappa shape index (κ2) is 7.80. The first kappa shape index (κ1) is 17.6. The first-order valence-electron chi connectivity index (χ1n) is 7.99. The summed E-state index contributed by atoms with van der Waals surface area (Å²) < 4.78 is 26.1. The van der Waals surface area contributed by atoms with E-state index < -0.39 is 11.6 Å². The molecule has 2 aromatic carbocycles. The van der Waals surface area contributed by atoms with Gasteiger partial charge in [-0.1, -0.05) is 23.7 Å². The lowest BCUT2D eigenvalue weighted by atomic mass is 10.2. The zero-order valence-corrected chi connectivity index (χ0v) is 14.3. The number of nitrogens with one attached hydrogen (secondary N) is 1. The number of amides is 2. The molecule has 0 radical (unpaired) electrons. The van der Waals surface area contributed by atoms with Crippen LogP contribution in [0.15, 0.2) is 42.5 Å². The monoisotopic (exact) mass is 365 g/mol. The molecule has 25 heavy (non-hydrogen) atoms. The van der Waals surface area contributed by atoms with Crippen LogP contribution in [0.1, 0.15) is 5.56 Å². The Hall–Kier alpha value is -2.18. The average Bonchev–Trinajstić information content (AvgIpc) is 2.61. The summed E-state index contributed by atoms with van der Waals surface area (Å²) in [5, 5.41) is 3.31. The number of anilines is 1. The van der Waals surface area contributed by atoms with Gasteiger partial charge >= 0.3 is 6.03 Å². The van der Waals surface area contributed by atoms with Gasteiger partial charge in [0.15, 0.2) is 11.6 Å². The molecule has 132 valence electrons. The molecule has 0 aromatic heterocycles. The summed E-state index contributed by atoms with van der Waals surface area (Å²) in [6.07, 6.45) is 0. The molecule has 0 unspecified atom stereocenters. The number of rotatable bonds is 3. The number of hydrogen-bond donors (Lipinski definition) is 1. The Labute approximate surface area is 150 Å². The van der Waals surface area contributed by atoms with E-state index in [0.29, 0.717) is 18.1 Å². The number of nitrogens with zero attached hydrogens (tertiary/aromatic N) is 2. The number of benzene rings is 2. The predicted octanol–water partition coefficient (Wildman–Crippen LogP) is 3.97. The normalized spacial score (nSPS) is 15.2. The molecule has 1 fully saturated rings. The number of urea groups is 1. The largest absolute Gasteiger partial charge is 0.322 e. The van der Waals surface area contributed by atoms with Crippen molar-refractivity contribution in [2.45, 2.75) is 6.54 Å². The van der Waals surface area contributed by atoms with Crippen LogP contribution in [-0.2, 0) is 6.54 Å². The third-order valence-corrected chi connectivity index (χ3v) is 4.40. The predicted molar refractivity (Wildman–Crippen MR) is 93.7 cm³/mol. The summed E-state index contributed by atoms with van der Waals surface area (Å²) in [5.41, 5.74) is 1.41. The van der Waals surface area contributed by atoms with Crippen molar-refractivity contribution in [3.05, 3.63) is 64.7 Å². The second-order valence-electron chi connectivity index (χ2n) is 5.95. The first-order valence-corrected chi connectivity index (χ1v) is 8.37. The molecule has 1 saturated heterocycles. The molecule has 1 aliphatic heterocycles. The number of carbonyl (C=O) groups is 1. The van der Waals surface area contributed by atoms with Crippen molar-refractivity contribution < 1.29 is 13.6 Å². The van der Waals surface area contributed by atoms with E-state index in [4.69, 9.17) is 11.6 Å². The van der Waals surface area contributed by atoms with Crippen molar-refractivity contribution >= 4 is 23.3 Å². The Morgan fingerprint density at radius 3 is 2.32 bits per heavy atom. The number of hydrogen-bond acceptors (Lipinski definition) is 2. The van der Waals surface area contributed by atoms with Crippen molar-refractivity contribution in [3.8, 4) is 0 Å². The van der Waals surface area contributed by atoms with E-state index in [-0.39, 0.29) is 11.7 Å². The van der Waals surface area contributed by atoms with Gasteiger partial charge in [-0.2, -0.15) is 0 Å². The van der Waals surface area contributed by atoms with Crippen LogP contribution in [-0.4, -0.2) is 42.0 Å². The third kappa shape index (κ3) is 4.67. The molecule has 0 bridgehead atoms. The van der Waals surface area contributed by atoms with Gasteiger partial charge in [-0.05, 0) is 29.8 Å². The summed E-state index contributed by atoms with van der Waals surface area (Å²) in [4.78, 5) is 16.2. The van der Waals surface area contributed by atoms with Gasteiger partial charge in [-0.15, -0.1) is 0 Å². The van der Waals surface area contributed by atoms with Crippen molar-refractivity contribution in [1.82, 2.24) is 9.80 Å². The minimum Gasteiger partial charge on any atom is -0.322 e. The average molecular weight is 366 g/mol. The smallest absolute Gasteiger partial charge is 0.321 e. The number of piperazine rings is 1. The molecule has 0 saturated carbocycles. The van der Waals surface area contributed by atoms with Crippen LogP contribution in [0.4, 0.5) is 19.3 Å². The lowest BCUT2D eigenvalue weighted by Gasteiger charge is -2.34. The van der Waals surface area contributed by atoms with Crippen LogP contribution >= 0.6 is 11.6 Å². The summed E-state index contributed by atoms with van der Waals surface area (Å²) in [5.74, 6) is -1.92. The molecule has 1 heterocycles. The molecule has 0 spiro atoms. The SMILES string of the molecule is O=C(Nc1ccc(F)c(F)c1)N1CCN(Cc2ccc(Cl)cc2)CC1. The maximum Gasteiger partial charge on any atom is 0.321 e. The minimum atomic E-state index is -0.981. The van der Waals surface area contributed by atoms with E-state index in [1.165, 1.54) is 11.6 Å². The van der Waals surface area contributed by atoms with Crippen molar-refractivity contribution in [3.63, 3.8) is 0 Å². The topological polar surface area (TPSA) is 35.6 Å². The van der Waals surface area contributed by atoms with Gasteiger partial charge < -0.3 is 10.2 Å². The molecule has 1 aliphatic rings. The fraction of sp³-hybridized carbons (Fsp3) is 0.278. The Kier molecular flexibility index (Phi) is 5.50. The fourth-order valence-corrected chi connectivity index (χ4v) is 2.86. The fourth-order valence-electron chi connectivity index (χ4n) is 2.73. The molecular formula is C18H18ClF2N3O. The Morgan fingerprint density at radius 2 is 1.68 bits per heavy atom. The summed E-state index contributed by atoms with van der Waals surface area (Å²) in [6.45, 7) is 3.43. The molecule has 1 N–H and O–H groups in total. The molecular weight excluding hydrogens is 348 g/mol. The molecule has 2 aromatic rings. The van der Waals surface area contributed by atoms with Gasteiger partial charge in [0.05, 0.1) is 0 Å². The maximum absolute atomic E-state index is 13.2. The summed E-state index contributed by atoms with van der Waals surface area (Å²) in [7, 11) is 0. The third-order valence-electron chi connectivity index (χ3n) is 4.15. The van der Waals surface area contributed by atoms with E-state index in [9.17, 15) is 13.6 Å². The van der Waals surface area contributed by atoms with Crippen LogP contribution < -0.4 is 5.32 Å². The highest BCUT2D eigenvalue weighted by atomic mass is 35.5. The van der Waals surface area contributed by atoms with E-state index >= 15 is 0 Å². The Morgan fingerprint density at radius 1 is 1.00 bits per heavy atom. The molecule has 0 aliphatic carbocycles. The van der Waals surface area contributed by atoms with Gasteiger partial charge in [-0.25, -0.2) is 13.6 Å². The quantitative estimate of drug-likeness (QED) is 0.893. The lowest BCUT2D eigenvalue weighted by molar-refractivity contribution is 0.143. The van der Waals surface area contributed by atoms with E-state index in [2.05, 4.69) is 10.2 Å². The molecule has 0 atom stereocenters. The van der Waals surface area contributed by atoms with Crippen LogP contribution in [0.5, 0.6) is 0 Å². The van der Waals surface area contributed by atoms with Crippen molar-refractivity contribution in [2.75, 3.05) is 31.5 Å². The zero-order chi connectivity index (χ0) is 17.8. The molecule has 4 nitrogen and oxygen atoms in total. The van der Waals surface area contributed by atoms with E-state index in [1.54, 1.807) is 4.90 Å². The Bertz CT molecular complexity index is 746. The van der Waals surface area contributed by atoms with E-state index in [0.717, 1.165) is 31.8 Å². The lowest BCUT2D eigenvalue weighted by Crippen LogP contribution is -2.49. The van der Waals surface area contributed by atoms with Crippen molar-refractivity contribution in [1.29, 1.82) is 0 Å². The minimum absolute atomic E-state index is 0.243. The maximum atomic E-state index is 13.2. The van der Waals surface area contributed by atoms with Gasteiger partial charge in [0.1, 0.15) is 0 Å². The molecule has 7 heteroatoms. The zero-order valence-electron chi connectivity index (χ0n) is 13.5. The standard InChI is InChI=1S/C18H18ClF2N3O/c19-14-3-1-13(2-4-14)12-23-7-9-24(10-8-23)18(25)22-15-5-6-16(20)17(21)11-15/h1-6,11H,7-10,12H2,(H,22,25). The van der Waals surface area contributed by atoms with Crippen LogP contribution in [0.25, 0.3) is 0 Å². The van der Waals surface area contributed by atoms with E-state index in [1.807, 2.05) is 24.3 Å². The van der Waals surface area contributed by atoms with Gasteiger partial charge in [0.25, 0.3) is 0 Å². The highest BCUT2D eigenvalue weighted by Crippen LogP contribution is 2.15. The molecule has 3 rings (SSSR count). The van der Waals surface area contributed by atoms with Gasteiger partial charge in [0.2, 0.25) is 0 Å². The van der Waals surface area contributed by atoms with Crippen molar-refractivity contribution in [2.24, 2.45) is 0 Å². The van der Waals surface area contributed by atoms with Gasteiger partial charge in [-0.3, -0.25) is 4.90 Å². The molecule has 2 amide bonds. The first-order chi connectivity index (χ1) is 12.0. The highest BCUT2D eigenvalue weighted by molar-refractivity contribution is 6.30. The number of halogens is 3. The summed E-state index contributed by atoms with van der Waals surface area (Å²) >= 11 is 5.88. The number of carbonyl (C=O) groups excluding carboxylic acids is 1. The van der Waals surface area contributed by atoms with Gasteiger partial charge in [0, 0.05) is 49.5 Å². The van der Waals surface area contributed by atoms with Crippen LogP contribution in [0.3, 0.4) is 0 Å². The second-order valence-corrected chi connectivity index (χ2v) is 6.39. The van der Waals surface area contributed by atoms with Crippen LogP contribution in [0.2, 0.25) is 5.02 Å². The Balaban J connectivity index is 1.50.